The molecule has 0 aromatic carbocycles. The number of carbonyl (C=O) groups excluding carboxylic acids is 1. The second-order valence-electron chi connectivity index (χ2n) is 4.03. The first-order chi connectivity index (χ1) is 6.65. The van der Waals surface area contributed by atoms with Gasteiger partial charge in [0.05, 0.1) is 7.11 Å². The van der Waals surface area contributed by atoms with E-state index >= 15 is 0 Å². The smallest absolute Gasteiger partial charge is 0.407 e. The van der Waals surface area contributed by atoms with E-state index in [2.05, 4.69) is 28.8 Å². The van der Waals surface area contributed by atoms with Crippen LogP contribution in [0.5, 0.6) is 0 Å². The van der Waals surface area contributed by atoms with E-state index in [4.69, 9.17) is 0 Å². The summed E-state index contributed by atoms with van der Waals surface area (Å²) in [6.07, 6.45) is 0.728. The van der Waals surface area contributed by atoms with Crippen molar-refractivity contribution in [2.75, 3.05) is 26.7 Å². The zero-order valence-electron chi connectivity index (χ0n) is 9.25. The third-order valence-corrected chi connectivity index (χ3v) is 2.69. The van der Waals surface area contributed by atoms with Crippen molar-refractivity contribution in [2.24, 2.45) is 5.92 Å². The molecule has 0 bridgehead atoms. The fraction of sp³-hybridized carbons (Fsp3) is 0.900. The summed E-state index contributed by atoms with van der Waals surface area (Å²) in [6, 6.07) is 0.242. The molecule has 1 rings (SSSR count). The Kier molecular flexibility index (Phi) is 4.20. The molecule has 1 N–H and O–H groups in total. The number of likely N-dealkylation sites (tertiary alicyclic amines) is 1. The van der Waals surface area contributed by atoms with Gasteiger partial charge in [-0.1, -0.05) is 13.8 Å². The van der Waals surface area contributed by atoms with Crippen LogP contribution in [0.4, 0.5) is 4.79 Å². The lowest BCUT2D eigenvalue weighted by molar-refractivity contribution is 0.133. The molecule has 1 fully saturated rings. The van der Waals surface area contributed by atoms with E-state index in [1.54, 1.807) is 0 Å². The van der Waals surface area contributed by atoms with E-state index in [0.29, 0.717) is 5.92 Å². The molecule has 82 valence electrons. The minimum atomic E-state index is -0.319. The van der Waals surface area contributed by atoms with E-state index in [9.17, 15) is 4.79 Å². The van der Waals surface area contributed by atoms with Crippen LogP contribution in [0, 0.1) is 5.92 Å². The molecule has 2 unspecified atom stereocenters. The minimum absolute atomic E-state index is 0.242. The molecule has 1 heterocycles. The highest BCUT2D eigenvalue weighted by Gasteiger charge is 2.24. The van der Waals surface area contributed by atoms with E-state index in [1.165, 1.54) is 7.11 Å². The van der Waals surface area contributed by atoms with Gasteiger partial charge in [0.1, 0.15) is 0 Å². The van der Waals surface area contributed by atoms with Crippen molar-refractivity contribution < 1.29 is 9.53 Å². The zero-order valence-corrected chi connectivity index (χ0v) is 9.25. The summed E-state index contributed by atoms with van der Waals surface area (Å²) >= 11 is 0. The number of hydrogen-bond donors (Lipinski definition) is 1. The first-order valence-corrected chi connectivity index (χ1v) is 5.22. The second kappa shape index (κ2) is 5.20. The molecular formula is C10H20N2O2. The Hall–Kier alpha value is -0.770. The molecule has 4 heteroatoms. The predicted molar refractivity (Wildman–Crippen MR) is 55.2 cm³/mol. The third-order valence-electron chi connectivity index (χ3n) is 2.69. The summed E-state index contributed by atoms with van der Waals surface area (Å²) in [5.74, 6) is 0.644. The van der Waals surface area contributed by atoms with Crippen molar-refractivity contribution >= 4 is 6.09 Å². The van der Waals surface area contributed by atoms with Crippen molar-refractivity contribution in [3.05, 3.63) is 0 Å². The number of carbonyl (C=O) groups is 1. The van der Waals surface area contributed by atoms with Gasteiger partial charge in [-0.25, -0.2) is 4.79 Å². The summed E-state index contributed by atoms with van der Waals surface area (Å²) in [7, 11) is 1.40. The number of nitrogens with one attached hydrogen (secondary N) is 1. The van der Waals surface area contributed by atoms with E-state index in [-0.39, 0.29) is 12.1 Å². The second-order valence-corrected chi connectivity index (χ2v) is 4.03. The molecule has 0 aliphatic carbocycles. The molecule has 4 nitrogen and oxygen atoms in total. The van der Waals surface area contributed by atoms with Crippen LogP contribution < -0.4 is 5.32 Å². The lowest BCUT2D eigenvalue weighted by atomic mass is 9.96. The van der Waals surface area contributed by atoms with Crippen LogP contribution >= 0.6 is 0 Å². The number of ether oxygens (including phenoxy) is 1. The van der Waals surface area contributed by atoms with Gasteiger partial charge in [0.15, 0.2) is 0 Å². The van der Waals surface area contributed by atoms with Crippen LogP contribution in [0.1, 0.15) is 20.3 Å². The Morgan fingerprint density at radius 3 is 2.86 bits per heavy atom. The summed E-state index contributed by atoms with van der Waals surface area (Å²) in [5, 5.41) is 2.86. The maximum absolute atomic E-state index is 11.0. The SMILES string of the molecule is CCN1CC(C)CC(NC(=O)OC)C1. The average Bonchev–Trinajstić information content (AvgIpc) is 2.16. The lowest BCUT2D eigenvalue weighted by Gasteiger charge is -2.35. The molecule has 0 spiro atoms. The normalized spacial score (nSPS) is 28.5. The largest absolute Gasteiger partial charge is 0.453 e. The van der Waals surface area contributed by atoms with Crippen molar-refractivity contribution in [2.45, 2.75) is 26.3 Å². The highest BCUT2D eigenvalue weighted by molar-refractivity contribution is 5.67. The molecule has 1 amide bonds. The number of methoxy groups -OCH3 is 1. The standard InChI is InChI=1S/C10H20N2O2/c1-4-12-6-8(2)5-9(7-12)11-10(13)14-3/h8-9H,4-7H2,1-3H3,(H,11,13). The molecule has 2 atom stereocenters. The molecule has 1 aliphatic rings. The number of rotatable bonds is 2. The van der Waals surface area contributed by atoms with Crippen LogP contribution in [-0.2, 0) is 4.74 Å². The fourth-order valence-corrected chi connectivity index (χ4v) is 2.05. The Bertz CT molecular complexity index is 197. The van der Waals surface area contributed by atoms with Gasteiger partial charge in [-0.2, -0.15) is 0 Å². The third kappa shape index (κ3) is 3.18. The molecule has 14 heavy (non-hydrogen) atoms. The van der Waals surface area contributed by atoms with Crippen molar-refractivity contribution in [3.63, 3.8) is 0 Å². The van der Waals surface area contributed by atoms with Gasteiger partial charge in [-0.15, -0.1) is 0 Å². The van der Waals surface area contributed by atoms with Gasteiger partial charge < -0.3 is 15.0 Å². The van der Waals surface area contributed by atoms with Crippen LogP contribution in [0.15, 0.2) is 0 Å². The number of amides is 1. The summed E-state index contributed by atoms with van der Waals surface area (Å²) in [6.45, 7) is 7.48. The van der Waals surface area contributed by atoms with Crippen molar-refractivity contribution in [1.82, 2.24) is 10.2 Å². The Morgan fingerprint density at radius 2 is 2.29 bits per heavy atom. The maximum atomic E-state index is 11.0. The predicted octanol–water partition coefficient (Wildman–Crippen LogP) is 1.07. The van der Waals surface area contributed by atoms with E-state index in [0.717, 1.165) is 26.1 Å². The molecule has 1 aliphatic heterocycles. The monoisotopic (exact) mass is 200 g/mol. The Balaban J connectivity index is 2.40. The molecule has 0 saturated carbocycles. The van der Waals surface area contributed by atoms with E-state index < -0.39 is 0 Å². The van der Waals surface area contributed by atoms with Crippen molar-refractivity contribution in [3.8, 4) is 0 Å². The maximum Gasteiger partial charge on any atom is 0.407 e. The highest BCUT2D eigenvalue weighted by Crippen LogP contribution is 2.15. The molecular weight excluding hydrogens is 180 g/mol. The van der Waals surface area contributed by atoms with Crippen LogP contribution in [0.2, 0.25) is 0 Å². The number of piperidine rings is 1. The van der Waals surface area contributed by atoms with Gasteiger partial charge in [-0.3, -0.25) is 0 Å². The number of likely N-dealkylation sites (N-methyl/N-ethyl adjacent to an activating group) is 1. The summed E-state index contributed by atoms with van der Waals surface area (Å²) < 4.78 is 4.59. The van der Waals surface area contributed by atoms with Crippen LogP contribution in [0.25, 0.3) is 0 Å². The van der Waals surface area contributed by atoms with Crippen LogP contribution in [0.3, 0.4) is 0 Å². The van der Waals surface area contributed by atoms with Gasteiger partial charge in [-0.05, 0) is 18.9 Å². The van der Waals surface area contributed by atoms with E-state index in [1.807, 2.05) is 0 Å². The number of hydrogen-bond acceptors (Lipinski definition) is 3. The molecule has 0 aromatic heterocycles. The number of nitrogens with zero attached hydrogens (tertiary/aromatic N) is 1. The molecule has 1 saturated heterocycles. The van der Waals surface area contributed by atoms with Crippen molar-refractivity contribution in [1.29, 1.82) is 0 Å². The van der Waals surface area contributed by atoms with Gasteiger partial charge in [0.25, 0.3) is 0 Å². The molecule has 0 aromatic rings. The summed E-state index contributed by atoms with van der Waals surface area (Å²) in [4.78, 5) is 13.4. The Labute approximate surface area is 85.6 Å². The average molecular weight is 200 g/mol. The van der Waals surface area contributed by atoms with Gasteiger partial charge in [0, 0.05) is 19.1 Å². The first kappa shape index (κ1) is 11.3. The summed E-state index contributed by atoms with van der Waals surface area (Å²) in [5.41, 5.74) is 0. The zero-order chi connectivity index (χ0) is 10.6. The molecule has 0 radical (unpaired) electrons. The lowest BCUT2D eigenvalue weighted by Crippen LogP contribution is -2.50. The fourth-order valence-electron chi connectivity index (χ4n) is 2.05. The van der Waals surface area contributed by atoms with Gasteiger partial charge in [0.2, 0.25) is 0 Å². The topological polar surface area (TPSA) is 41.6 Å². The first-order valence-electron chi connectivity index (χ1n) is 5.22. The van der Waals surface area contributed by atoms with Crippen LogP contribution in [-0.4, -0.2) is 43.8 Å². The quantitative estimate of drug-likeness (QED) is 0.725. The van der Waals surface area contributed by atoms with Gasteiger partial charge >= 0.3 is 6.09 Å². The Morgan fingerprint density at radius 1 is 1.57 bits per heavy atom. The number of alkyl carbamates (subject to hydrolysis) is 1. The highest BCUT2D eigenvalue weighted by atomic mass is 16.5. The minimum Gasteiger partial charge on any atom is -0.453 e.